The Hall–Kier alpha value is -1.17. The van der Waals surface area contributed by atoms with Gasteiger partial charge >= 0.3 is 0 Å². The molecular formula is C12H20N2O3. The summed E-state index contributed by atoms with van der Waals surface area (Å²) in [6.45, 7) is 3.37. The summed E-state index contributed by atoms with van der Waals surface area (Å²) in [7, 11) is 1.56. The summed E-state index contributed by atoms with van der Waals surface area (Å²) in [5, 5.41) is 22.1. The first-order valence-corrected chi connectivity index (χ1v) is 5.66. The first-order valence-electron chi connectivity index (χ1n) is 5.66. The molecule has 0 aromatic carbocycles. The van der Waals surface area contributed by atoms with Crippen molar-refractivity contribution in [1.82, 2.24) is 10.3 Å². The van der Waals surface area contributed by atoms with Crippen molar-refractivity contribution in [2.45, 2.75) is 26.0 Å². The molecule has 0 radical (unpaired) electrons. The van der Waals surface area contributed by atoms with Crippen LogP contribution in [0.5, 0.6) is 5.75 Å². The Morgan fingerprint density at radius 1 is 1.47 bits per heavy atom. The van der Waals surface area contributed by atoms with E-state index in [0.29, 0.717) is 31.8 Å². The van der Waals surface area contributed by atoms with Gasteiger partial charge in [0.15, 0.2) is 0 Å². The van der Waals surface area contributed by atoms with Gasteiger partial charge in [-0.3, -0.25) is 4.98 Å². The molecule has 1 aromatic heterocycles. The quantitative estimate of drug-likeness (QED) is 0.608. The highest BCUT2D eigenvalue weighted by Crippen LogP contribution is 2.13. The van der Waals surface area contributed by atoms with E-state index in [2.05, 4.69) is 10.3 Å². The highest BCUT2D eigenvalue weighted by atomic mass is 16.5. The van der Waals surface area contributed by atoms with Gasteiger partial charge in [-0.05, 0) is 32.0 Å². The summed E-state index contributed by atoms with van der Waals surface area (Å²) in [5.74, 6) is 0.195. The van der Waals surface area contributed by atoms with E-state index >= 15 is 0 Å². The SMILES string of the molecule is COCC(O)CCNCc1nc(C)ccc1O. The molecule has 0 aliphatic heterocycles. The number of pyridine rings is 1. The summed E-state index contributed by atoms with van der Waals surface area (Å²) in [6.07, 6.45) is 0.159. The van der Waals surface area contributed by atoms with E-state index < -0.39 is 6.10 Å². The highest BCUT2D eigenvalue weighted by molar-refractivity contribution is 5.27. The molecule has 1 aromatic rings. The highest BCUT2D eigenvalue weighted by Gasteiger charge is 2.05. The van der Waals surface area contributed by atoms with E-state index in [1.807, 2.05) is 6.92 Å². The average Bonchev–Trinajstić information content (AvgIpc) is 2.29. The Bertz CT molecular complexity index is 345. The van der Waals surface area contributed by atoms with Crippen molar-refractivity contribution in [2.75, 3.05) is 20.3 Å². The number of aromatic hydroxyl groups is 1. The van der Waals surface area contributed by atoms with Crippen LogP contribution in [0.2, 0.25) is 0 Å². The standard InChI is InChI=1S/C12H20N2O3/c1-9-3-4-12(16)11(14-9)7-13-6-5-10(15)8-17-2/h3-4,10,13,15-16H,5-8H2,1-2H3. The van der Waals surface area contributed by atoms with Crippen LogP contribution in [0, 0.1) is 6.92 Å². The van der Waals surface area contributed by atoms with E-state index in [1.165, 1.54) is 0 Å². The number of aliphatic hydroxyl groups excluding tert-OH is 1. The molecule has 3 N–H and O–H groups in total. The molecule has 1 heterocycles. The maximum absolute atomic E-state index is 9.56. The lowest BCUT2D eigenvalue weighted by Crippen LogP contribution is -2.23. The number of aliphatic hydroxyl groups is 1. The van der Waals surface area contributed by atoms with Gasteiger partial charge < -0.3 is 20.3 Å². The van der Waals surface area contributed by atoms with E-state index in [0.717, 1.165) is 5.69 Å². The van der Waals surface area contributed by atoms with Gasteiger partial charge in [0, 0.05) is 19.3 Å². The summed E-state index contributed by atoms with van der Waals surface area (Å²) in [4.78, 5) is 4.23. The van der Waals surface area contributed by atoms with Crippen LogP contribution in [-0.2, 0) is 11.3 Å². The predicted molar refractivity (Wildman–Crippen MR) is 64.8 cm³/mol. The summed E-state index contributed by atoms with van der Waals surface area (Å²) < 4.78 is 4.82. The monoisotopic (exact) mass is 240 g/mol. The molecule has 0 fully saturated rings. The van der Waals surface area contributed by atoms with Crippen LogP contribution in [0.15, 0.2) is 12.1 Å². The second-order valence-corrected chi connectivity index (χ2v) is 3.99. The van der Waals surface area contributed by atoms with Gasteiger partial charge in [-0.1, -0.05) is 0 Å². The molecule has 0 amide bonds. The molecule has 5 heteroatoms. The molecule has 0 spiro atoms. The zero-order valence-electron chi connectivity index (χ0n) is 10.3. The van der Waals surface area contributed by atoms with Crippen molar-refractivity contribution in [3.8, 4) is 5.75 Å². The zero-order valence-corrected chi connectivity index (χ0v) is 10.3. The Balaban J connectivity index is 2.28. The molecule has 0 aliphatic carbocycles. The Morgan fingerprint density at radius 2 is 2.24 bits per heavy atom. The zero-order chi connectivity index (χ0) is 12.7. The molecule has 1 unspecified atom stereocenters. The lowest BCUT2D eigenvalue weighted by molar-refractivity contribution is 0.0594. The minimum Gasteiger partial charge on any atom is -0.506 e. The number of hydrogen-bond acceptors (Lipinski definition) is 5. The van der Waals surface area contributed by atoms with Gasteiger partial charge in [0.2, 0.25) is 0 Å². The molecule has 1 rings (SSSR count). The van der Waals surface area contributed by atoms with E-state index in [-0.39, 0.29) is 5.75 Å². The second-order valence-electron chi connectivity index (χ2n) is 3.99. The van der Waals surface area contributed by atoms with Crippen LogP contribution < -0.4 is 5.32 Å². The first kappa shape index (κ1) is 13.9. The van der Waals surface area contributed by atoms with E-state index in [9.17, 15) is 10.2 Å². The predicted octanol–water partition coefficient (Wildman–Crippen LogP) is 0.583. The third-order valence-corrected chi connectivity index (χ3v) is 2.40. The van der Waals surface area contributed by atoms with E-state index in [4.69, 9.17) is 4.74 Å². The van der Waals surface area contributed by atoms with Crippen LogP contribution >= 0.6 is 0 Å². The summed E-state index contributed by atoms with van der Waals surface area (Å²) in [6, 6.07) is 3.40. The van der Waals surface area contributed by atoms with Crippen LogP contribution in [-0.4, -0.2) is 41.6 Å². The molecule has 17 heavy (non-hydrogen) atoms. The number of ether oxygens (including phenoxy) is 1. The van der Waals surface area contributed by atoms with Crippen molar-refractivity contribution in [3.05, 3.63) is 23.5 Å². The van der Waals surface area contributed by atoms with Crippen LogP contribution in [0.1, 0.15) is 17.8 Å². The maximum Gasteiger partial charge on any atom is 0.138 e. The number of aromatic nitrogens is 1. The number of methoxy groups -OCH3 is 1. The lowest BCUT2D eigenvalue weighted by Gasteiger charge is -2.10. The third kappa shape index (κ3) is 5.12. The third-order valence-electron chi connectivity index (χ3n) is 2.40. The Labute approximate surface area is 101 Å². The average molecular weight is 240 g/mol. The van der Waals surface area contributed by atoms with Crippen molar-refractivity contribution >= 4 is 0 Å². The summed E-state index contributed by atoms with van der Waals surface area (Å²) >= 11 is 0. The number of hydrogen-bond donors (Lipinski definition) is 3. The van der Waals surface area contributed by atoms with Gasteiger partial charge in [-0.2, -0.15) is 0 Å². The van der Waals surface area contributed by atoms with Gasteiger partial charge in [0.05, 0.1) is 18.4 Å². The van der Waals surface area contributed by atoms with Crippen LogP contribution in [0.3, 0.4) is 0 Å². The number of aryl methyl sites for hydroxylation is 1. The van der Waals surface area contributed by atoms with Gasteiger partial charge in [0.1, 0.15) is 5.75 Å². The topological polar surface area (TPSA) is 74.6 Å². The van der Waals surface area contributed by atoms with Crippen LogP contribution in [0.4, 0.5) is 0 Å². The van der Waals surface area contributed by atoms with Gasteiger partial charge in [-0.25, -0.2) is 0 Å². The second kappa shape index (κ2) is 7.21. The smallest absolute Gasteiger partial charge is 0.138 e. The lowest BCUT2D eigenvalue weighted by atomic mass is 10.2. The molecule has 0 saturated carbocycles. The van der Waals surface area contributed by atoms with Gasteiger partial charge in [0.25, 0.3) is 0 Å². The van der Waals surface area contributed by atoms with Crippen molar-refractivity contribution in [2.24, 2.45) is 0 Å². The largest absolute Gasteiger partial charge is 0.506 e. The minimum absolute atomic E-state index is 0.195. The van der Waals surface area contributed by atoms with Crippen molar-refractivity contribution in [1.29, 1.82) is 0 Å². The number of nitrogens with zero attached hydrogens (tertiary/aromatic N) is 1. The molecule has 1 atom stereocenters. The van der Waals surface area contributed by atoms with Crippen molar-refractivity contribution < 1.29 is 14.9 Å². The Morgan fingerprint density at radius 3 is 2.94 bits per heavy atom. The molecule has 0 bridgehead atoms. The number of nitrogens with one attached hydrogen (secondary N) is 1. The number of rotatable bonds is 7. The van der Waals surface area contributed by atoms with Crippen LogP contribution in [0.25, 0.3) is 0 Å². The molecular weight excluding hydrogens is 220 g/mol. The first-order chi connectivity index (χ1) is 8.13. The Kier molecular flexibility index (Phi) is 5.90. The summed E-state index contributed by atoms with van der Waals surface area (Å²) in [5.41, 5.74) is 1.50. The fraction of sp³-hybridized carbons (Fsp3) is 0.583. The molecule has 0 aliphatic rings. The molecule has 5 nitrogen and oxygen atoms in total. The fourth-order valence-electron chi connectivity index (χ4n) is 1.48. The molecule has 96 valence electrons. The van der Waals surface area contributed by atoms with Crippen molar-refractivity contribution in [3.63, 3.8) is 0 Å². The maximum atomic E-state index is 9.56. The normalized spacial score (nSPS) is 12.6. The molecule has 0 saturated heterocycles. The fourth-order valence-corrected chi connectivity index (χ4v) is 1.48. The van der Waals surface area contributed by atoms with E-state index in [1.54, 1.807) is 19.2 Å². The minimum atomic E-state index is -0.452. The van der Waals surface area contributed by atoms with Gasteiger partial charge in [-0.15, -0.1) is 0 Å².